The summed E-state index contributed by atoms with van der Waals surface area (Å²) in [5, 5.41) is 5.57. The lowest BCUT2D eigenvalue weighted by atomic mass is 10.4. The molecule has 2 aromatic heterocycles. The summed E-state index contributed by atoms with van der Waals surface area (Å²) in [6.07, 6.45) is 4.23. The average molecular weight is 229 g/mol. The van der Waals surface area contributed by atoms with E-state index in [9.17, 15) is 0 Å². The first-order chi connectivity index (χ1) is 6.74. The van der Waals surface area contributed by atoms with Crippen molar-refractivity contribution in [2.24, 2.45) is 0 Å². The number of fused-ring (bicyclic) bond motifs is 1. The van der Waals surface area contributed by atoms with E-state index < -0.39 is 0 Å². The third kappa shape index (κ3) is 1.26. The van der Waals surface area contributed by atoms with E-state index in [1.807, 2.05) is 10.9 Å². The van der Waals surface area contributed by atoms with Gasteiger partial charge in [-0.2, -0.15) is 10.1 Å². The molecule has 0 bridgehead atoms. The molecule has 0 radical (unpaired) electrons. The van der Waals surface area contributed by atoms with Crippen LogP contribution in [0.4, 0.5) is 0 Å². The Labute approximate surface area is 89.9 Å². The van der Waals surface area contributed by atoms with Crippen molar-refractivity contribution in [3.8, 4) is 0 Å². The number of hydrogen-bond donors (Lipinski definition) is 0. The molecule has 1 fully saturated rings. The zero-order valence-electron chi connectivity index (χ0n) is 7.11. The second kappa shape index (κ2) is 2.81. The fourth-order valence-electron chi connectivity index (χ4n) is 1.39. The predicted octanol–water partition coefficient (Wildman–Crippen LogP) is 2.47. The Balaban J connectivity index is 2.26. The molecule has 0 atom stereocenters. The molecule has 0 saturated heterocycles. The van der Waals surface area contributed by atoms with Crippen LogP contribution in [-0.2, 0) is 0 Å². The van der Waals surface area contributed by atoms with Crippen molar-refractivity contribution in [2.75, 3.05) is 0 Å². The van der Waals surface area contributed by atoms with E-state index in [4.69, 9.17) is 23.2 Å². The summed E-state index contributed by atoms with van der Waals surface area (Å²) in [5.74, 6) is 0. The van der Waals surface area contributed by atoms with E-state index in [0.29, 0.717) is 16.8 Å². The minimum Gasteiger partial charge on any atom is -0.267 e. The molecule has 3 rings (SSSR count). The van der Waals surface area contributed by atoms with Crippen LogP contribution in [0.1, 0.15) is 18.9 Å². The molecule has 1 saturated carbocycles. The topological polar surface area (TPSA) is 43.6 Å². The molecular weight excluding hydrogens is 223 g/mol. The van der Waals surface area contributed by atoms with Gasteiger partial charge < -0.3 is 0 Å². The fraction of sp³-hybridized carbons (Fsp3) is 0.375. The number of rotatable bonds is 1. The Morgan fingerprint density at radius 2 is 2.07 bits per heavy atom. The van der Waals surface area contributed by atoms with E-state index in [1.54, 1.807) is 0 Å². The maximum Gasteiger partial charge on any atom is 0.225 e. The molecule has 0 unspecified atom stereocenters. The molecule has 0 amide bonds. The Kier molecular flexibility index (Phi) is 1.69. The van der Waals surface area contributed by atoms with Gasteiger partial charge in [0.1, 0.15) is 5.15 Å². The van der Waals surface area contributed by atoms with Gasteiger partial charge in [0.25, 0.3) is 0 Å². The molecule has 0 aliphatic heterocycles. The third-order valence-electron chi connectivity index (χ3n) is 2.24. The minimum absolute atomic E-state index is 0.142. The summed E-state index contributed by atoms with van der Waals surface area (Å²) in [6.45, 7) is 0. The molecule has 1 aliphatic carbocycles. The van der Waals surface area contributed by atoms with E-state index in [1.165, 1.54) is 12.8 Å². The van der Waals surface area contributed by atoms with E-state index in [0.717, 1.165) is 5.39 Å². The van der Waals surface area contributed by atoms with Crippen molar-refractivity contribution in [1.82, 2.24) is 19.7 Å². The predicted molar refractivity (Wildman–Crippen MR) is 53.6 cm³/mol. The number of aromatic nitrogens is 4. The second-order valence-electron chi connectivity index (χ2n) is 3.36. The third-order valence-corrected chi connectivity index (χ3v) is 2.70. The van der Waals surface area contributed by atoms with Crippen LogP contribution in [0.5, 0.6) is 0 Å². The quantitative estimate of drug-likeness (QED) is 0.557. The van der Waals surface area contributed by atoms with Crippen LogP contribution >= 0.6 is 23.2 Å². The molecular formula is C8H6Cl2N4. The molecule has 4 nitrogen and oxygen atoms in total. The molecule has 72 valence electrons. The lowest BCUT2D eigenvalue weighted by molar-refractivity contribution is 0.647. The summed E-state index contributed by atoms with van der Waals surface area (Å²) >= 11 is 11.6. The van der Waals surface area contributed by atoms with Crippen LogP contribution in [0.2, 0.25) is 10.4 Å². The minimum atomic E-state index is 0.142. The lowest BCUT2D eigenvalue weighted by Crippen LogP contribution is -1.92. The van der Waals surface area contributed by atoms with Crippen molar-refractivity contribution in [3.05, 3.63) is 16.6 Å². The summed E-state index contributed by atoms with van der Waals surface area (Å²) in [6, 6.07) is 0.513. The molecule has 14 heavy (non-hydrogen) atoms. The van der Waals surface area contributed by atoms with Gasteiger partial charge in [0, 0.05) is 6.20 Å². The molecule has 1 aliphatic rings. The highest BCUT2D eigenvalue weighted by atomic mass is 35.5. The molecule has 2 aromatic rings. The van der Waals surface area contributed by atoms with Gasteiger partial charge in [0.15, 0.2) is 5.65 Å². The maximum absolute atomic E-state index is 5.91. The molecule has 0 aromatic carbocycles. The van der Waals surface area contributed by atoms with Gasteiger partial charge in [-0.3, -0.25) is 4.68 Å². The molecule has 0 spiro atoms. The SMILES string of the molecule is Clc1nc(Cl)c2cn(C3CC3)nc2n1. The first-order valence-corrected chi connectivity index (χ1v) is 5.07. The van der Waals surface area contributed by atoms with E-state index >= 15 is 0 Å². The van der Waals surface area contributed by atoms with Crippen molar-refractivity contribution in [2.45, 2.75) is 18.9 Å². The summed E-state index contributed by atoms with van der Waals surface area (Å²) < 4.78 is 1.89. The Morgan fingerprint density at radius 1 is 1.29 bits per heavy atom. The van der Waals surface area contributed by atoms with Crippen LogP contribution < -0.4 is 0 Å². The van der Waals surface area contributed by atoms with Crippen molar-refractivity contribution >= 4 is 34.2 Å². The van der Waals surface area contributed by atoms with Gasteiger partial charge in [0.05, 0.1) is 11.4 Å². The highest BCUT2D eigenvalue weighted by Gasteiger charge is 2.25. The standard InChI is InChI=1S/C8H6Cl2N4/c9-6-5-3-14(4-1-2-4)13-7(5)12-8(10)11-6/h3-4H,1-2H2. The van der Waals surface area contributed by atoms with Crippen molar-refractivity contribution in [3.63, 3.8) is 0 Å². The first kappa shape index (κ1) is 8.44. The number of hydrogen-bond acceptors (Lipinski definition) is 3. The van der Waals surface area contributed by atoms with Crippen LogP contribution in [0, 0.1) is 0 Å². The smallest absolute Gasteiger partial charge is 0.225 e. The maximum atomic E-state index is 5.91. The Hall–Kier alpha value is -0.870. The van der Waals surface area contributed by atoms with E-state index in [-0.39, 0.29) is 5.28 Å². The highest BCUT2D eigenvalue weighted by Crippen LogP contribution is 2.35. The lowest BCUT2D eigenvalue weighted by Gasteiger charge is -1.91. The number of nitrogens with zero attached hydrogens (tertiary/aromatic N) is 4. The van der Waals surface area contributed by atoms with E-state index in [2.05, 4.69) is 15.1 Å². The van der Waals surface area contributed by atoms with Crippen LogP contribution in [-0.4, -0.2) is 19.7 Å². The van der Waals surface area contributed by atoms with Gasteiger partial charge >= 0.3 is 0 Å². The van der Waals surface area contributed by atoms with Gasteiger partial charge in [-0.1, -0.05) is 11.6 Å². The zero-order valence-corrected chi connectivity index (χ0v) is 8.63. The van der Waals surface area contributed by atoms with Crippen molar-refractivity contribution in [1.29, 1.82) is 0 Å². The van der Waals surface area contributed by atoms with Gasteiger partial charge in [0.2, 0.25) is 5.28 Å². The molecule has 0 N–H and O–H groups in total. The fourth-order valence-corrected chi connectivity index (χ4v) is 1.81. The summed E-state index contributed by atoms with van der Waals surface area (Å²) in [4.78, 5) is 7.87. The van der Waals surface area contributed by atoms with Gasteiger partial charge in [-0.05, 0) is 24.4 Å². The summed E-state index contributed by atoms with van der Waals surface area (Å²) in [5.41, 5.74) is 0.571. The van der Waals surface area contributed by atoms with Crippen molar-refractivity contribution < 1.29 is 0 Å². The molecule has 2 heterocycles. The van der Waals surface area contributed by atoms with Crippen LogP contribution in [0.15, 0.2) is 6.20 Å². The second-order valence-corrected chi connectivity index (χ2v) is 4.06. The normalized spacial score (nSPS) is 16.4. The largest absolute Gasteiger partial charge is 0.267 e. The summed E-state index contributed by atoms with van der Waals surface area (Å²) in [7, 11) is 0. The average Bonchev–Trinajstić information content (AvgIpc) is 2.87. The van der Waals surface area contributed by atoms with Gasteiger partial charge in [-0.15, -0.1) is 0 Å². The first-order valence-electron chi connectivity index (χ1n) is 4.32. The zero-order chi connectivity index (χ0) is 9.71. The van der Waals surface area contributed by atoms with Crippen LogP contribution in [0.25, 0.3) is 11.0 Å². The Bertz CT molecular complexity index is 503. The van der Waals surface area contributed by atoms with Crippen LogP contribution in [0.3, 0.4) is 0 Å². The number of halogens is 2. The van der Waals surface area contributed by atoms with Gasteiger partial charge in [-0.25, -0.2) is 4.98 Å². The monoisotopic (exact) mass is 228 g/mol. The highest BCUT2D eigenvalue weighted by molar-refractivity contribution is 6.35. The Morgan fingerprint density at radius 3 is 2.79 bits per heavy atom. The molecule has 6 heteroatoms.